The Morgan fingerprint density at radius 3 is 1.31 bits per heavy atom. The van der Waals surface area contributed by atoms with Crippen LogP contribution in [0.4, 0.5) is 0 Å². The molecule has 0 amide bonds. The number of rotatable bonds is 3. The number of aromatic nitrogens is 1. The Hall–Kier alpha value is -1.000. The number of benzene rings is 2. The zero-order valence-corrected chi connectivity index (χ0v) is 17.2. The fraction of sp³-hybridized carbons (Fsp3) is 0. The van der Waals surface area contributed by atoms with Gasteiger partial charge in [0, 0.05) is 29.1 Å². The molecule has 0 saturated carbocycles. The molecular weight excluding hydrogens is 459 g/mol. The largest absolute Gasteiger partial charge is 0.298 e. The van der Waals surface area contributed by atoms with Crippen molar-refractivity contribution in [3.63, 3.8) is 0 Å². The van der Waals surface area contributed by atoms with E-state index in [0.29, 0.717) is 27.8 Å². The Kier molecular flexibility index (Phi) is 6.03. The summed E-state index contributed by atoms with van der Waals surface area (Å²) in [6.45, 7) is 0. The van der Waals surface area contributed by atoms with Crippen molar-refractivity contribution < 1.29 is 4.79 Å². The van der Waals surface area contributed by atoms with Gasteiger partial charge in [0.1, 0.15) is 0 Å². The quantitative estimate of drug-likeness (QED) is 0.288. The number of carbonyl (C=O) groups is 1. The minimum atomic E-state index is 0.241. The molecule has 0 fully saturated rings. The molecule has 26 heavy (non-hydrogen) atoms. The molecule has 132 valence electrons. The highest BCUT2D eigenvalue weighted by molar-refractivity contribution is 6.49. The summed E-state index contributed by atoms with van der Waals surface area (Å²) in [5, 5.41) is 1.57. The third-order valence-corrected chi connectivity index (χ3v) is 6.09. The van der Waals surface area contributed by atoms with Gasteiger partial charge in [-0.25, -0.2) is 0 Å². The zero-order valence-electron chi connectivity index (χ0n) is 12.7. The Balaban J connectivity index is 2.26. The van der Waals surface area contributed by atoms with Crippen LogP contribution in [0.1, 0.15) is 10.4 Å². The average Bonchev–Trinajstić information content (AvgIpc) is 2.62. The molecule has 8 heteroatoms. The molecule has 2 nitrogen and oxygen atoms in total. The van der Waals surface area contributed by atoms with Gasteiger partial charge < -0.3 is 0 Å². The molecule has 0 atom stereocenters. The van der Waals surface area contributed by atoms with Gasteiger partial charge in [0.2, 0.25) is 0 Å². The molecule has 0 unspecified atom stereocenters. The van der Waals surface area contributed by atoms with Gasteiger partial charge in [-0.15, -0.1) is 0 Å². The van der Waals surface area contributed by atoms with E-state index in [1.807, 2.05) is 0 Å². The first-order chi connectivity index (χ1) is 12.3. The maximum absolute atomic E-state index is 11.9. The first-order valence-corrected chi connectivity index (χ1v) is 9.33. The van der Waals surface area contributed by atoms with E-state index < -0.39 is 0 Å². The lowest BCUT2D eigenvalue weighted by atomic mass is 9.95. The number of aldehydes is 1. The number of carbonyl (C=O) groups excluding carboxylic acids is 1. The van der Waals surface area contributed by atoms with Gasteiger partial charge in [0.25, 0.3) is 0 Å². The molecule has 3 rings (SSSR count). The smallest absolute Gasteiger partial charge is 0.151 e. The first kappa shape index (κ1) is 19.8. The summed E-state index contributed by atoms with van der Waals surface area (Å²) in [6.07, 6.45) is 3.81. The van der Waals surface area contributed by atoms with Crippen LogP contribution in [0.15, 0.2) is 36.7 Å². The fourth-order valence-electron chi connectivity index (χ4n) is 2.48. The number of pyridine rings is 1. The molecule has 1 heterocycles. The van der Waals surface area contributed by atoms with E-state index in [1.165, 1.54) is 0 Å². The minimum absolute atomic E-state index is 0.241. The summed E-state index contributed by atoms with van der Waals surface area (Å²) in [5.41, 5.74) is 2.67. The van der Waals surface area contributed by atoms with Crippen molar-refractivity contribution in [1.82, 2.24) is 4.98 Å². The van der Waals surface area contributed by atoms with Crippen molar-refractivity contribution in [3.8, 4) is 22.3 Å². The Morgan fingerprint density at radius 1 is 0.654 bits per heavy atom. The molecule has 0 saturated heterocycles. The molecular formula is C18H7Cl6NO. The maximum atomic E-state index is 11.9. The van der Waals surface area contributed by atoms with Crippen molar-refractivity contribution in [2.45, 2.75) is 0 Å². The summed E-state index contributed by atoms with van der Waals surface area (Å²) in [4.78, 5) is 16.1. The molecule has 0 aliphatic carbocycles. The van der Waals surface area contributed by atoms with Gasteiger partial charge in [-0.2, -0.15) is 0 Å². The molecule has 1 aromatic heterocycles. The number of hydrogen-bond donors (Lipinski definition) is 0. The van der Waals surface area contributed by atoms with Crippen LogP contribution in [-0.4, -0.2) is 11.3 Å². The van der Waals surface area contributed by atoms with Gasteiger partial charge in [0.05, 0.1) is 30.1 Å². The predicted molar refractivity (Wildman–Crippen MR) is 111 cm³/mol. The minimum Gasteiger partial charge on any atom is -0.298 e. The van der Waals surface area contributed by atoms with Gasteiger partial charge in [-0.3, -0.25) is 9.78 Å². The molecule has 2 aromatic carbocycles. The summed E-state index contributed by atoms with van der Waals surface area (Å²) in [5.74, 6) is 0. The summed E-state index contributed by atoms with van der Waals surface area (Å²) < 4.78 is 0. The lowest BCUT2D eigenvalue weighted by Gasteiger charge is -2.13. The van der Waals surface area contributed by atoms with E-state index in [4.69, 9.17) is 69.6 Å². The Morgan fingerprint density at radius 2 is 1.00 bits per heavy atom. The second-order valence-corrected chi connectivity index (χ2v) is 7.66. The molecule has 0 aliphatic heterocycles. The van der Waals surface area contributed by atoms with Crippen LogP contribution in [0, 0.1) is 0 Å². The summed E-state index contributed by atoms with van der Waals surface area (Å²) in [6, 6.07) is 6.47. The Bertz CT molecular complexity index is 912. The van der Waals surface area contributed by atoms with Crippen molar-refractivity contribution in [3.05, 3.63) is 72.4 Å². The van der Waals surface area contributed by atoms with Crippen LogP contribution in [0.2, 0.25) is 30.1 Å². The van der Waals surface area contributed by atoms with Gasteiger partial charge in [-0.1, -0.05) is 69.6 Å². The Labute approximate surface area is 179 Å². The maximum Gasteiger partial charge on any atom is 0.151 e. The number of nitrogens with zero attached hydrogens (tertiary/aromatic N) is 1. The van der Waals surface area contributed by atoms with E-state index in [-0.39, 0.29) is 30.1 Å². The molecule has 0 spiro atoms. The number of hydrogen-bond acceptors (Lipinski definition) is 2. The van der Waals surface area contributed by atoms with Crippen molar-refractivity contribution in [2.24, 2.45) is 0 Å². The van der Waals surface area contributed by atoms with Crippen LogP contribution in [0.25, 0.3) is 22.3 Å². The topological polar surface area (TPSA) is 30.0 Å². The highest BCUT2D eigenvalue weighted by atomic mass is 35.5. The summed E-state index contributed by atoms with van der Waals surface area (Å²) >= 11 is 36.4. The first-order valence-electron chi connectivity index (χ1n) is 7.06. The standard InChI is InChI=1S/C18H7Cl6NO/c19-13-1-8(2-14(20)17(13)23)10-5-25-6-11(12(10)7-26)9-3-15(21)18(24)16(22)4-9/h1-7H. The molecule has 0 aliphatic rings. The average molecular weight is 466 g/mol. The van der Waals surface area contributed by atoms with Crippen LogP contribution < -0.4 is 0 Å². The van der Waals surface area contributed by atoms with E-state index in [0.717, 1.165) is 6.29 Å². The van der Waals surface area contributed by atoms with Gasteiger partial charge in [0.15, 0.2) is 6.29 Å². The fourth-order valence-corrected chi connectivity index (χ4v) is 3.67. The third-order valence-electron chi connectivity index (χ3n) is 3.70. The van der Waals surface area contributed by atoms with E-state index in [1.54, 1.807) is 36.7 Å². The highest BCUT2D eigenvalue weighted by Crippen LogP contribution is 2.39. The zero-order chi connectivity index (χ0) is 19.0. The predicted octanol–water partition coefficient (Wildman–Crippen LogP) is 8.15. The van der Waals surface area contributed by atoms with Gasteiger partial charge >= 0.3 is 0 Å². The van der Waals surface area contributed by atoms with Crippen molar-refractivity contribution >= 4 is 75.9 Å². The lowest BCUT2D eigenvalue weighted by molar-refractivity contribution is 0.112. The van der Waals surface area contributed by atoms with Crippen LogP contribution >= 0.6 is 69.6 Å². The number of halogens is 6. The summed E-state index contributed by atoms with van der Waals surface area (Å²) in [7, 11) is 0. The lowest BCUT2D eigenvalue weighted by Crippen LogP contribution is -1.95. The molecule has 0 radical (unpaired) electrons. The van der Waals surface area contributed by atoms with Crippen molar-refractivity contribution in [1.29, 1.82) is 0 Å². The SMILES string of the molecule is O=Cc1c(-c2cc(Cl)c(Cl)c(Cl)c2)cncc1-c1cc(Cl)c(Cl)c(Cl)c1. The second-order valence-electron chi connectivity index (χ2n) is 5.27. The highest BCUT2D eigenvalue weighted by Gasteiger charge is 2.16. The van der Waals surface area contributed by atoms with E-state index in [2.05, 4.69) is 4.98 Å². The molecule has 0 N–H and O–H groups in total. The normalized spacial score (nSPS) is 10.8. The van der Waals surface area contributed by atoms with E-state index >= 15 is 0 Å². The van der Waals surface area contributed by atoms with Crippen molar-refractivity contribution in [2.75, 3.05) is 0 Å². The van der Waals surface area contributed by atoms with Crippen LogP contribution in [0.3, 0.4) is 0 Å². The van der Waals surface area contributed by atoms with Crippen LogP contribution in [0.5, 0.6) is 0 Å². The van der Waals surface area contributed by atoms with Gasteiger partial charge in [-0.05, 0) is 35.4 Å². The van der Waals surface area contributed by atoms with E-state index in [9.17, 15) is 4.79 Å². The second kappa shape index (κ2) is 7.93. The van der Waals surface area contributed by atoms with Crippen LogP contribution in [-0.2, 0) is 0 Å². The third kappa shape index (κ3) is 3.68. The monoisotopic (exact) mass is 463 g/mol. The molecule has 0 bridgehead atoms. The molecule has 3 aromatic rings.